The van der Waals surface area contributed by atoms with Crippen molar-refractivity contribution in [2.45, 2.75) is 52.9 Å². The van der Waals surface area contributed by atoms with E-state index in [1.165, 1.54) is 24.0 Å². The van der Waals surface area contributed by atoms with Gasteiger partial charge in [-0.05, 0) is 51.0 Å². The Bertz CT molecular complexity index is 755. The zero-order valence-electron chi connectivity index (χ0n) is 18.1. The van der Waals surface area contributed by atoms with Crippen molar-refractivity contribution in [3.63, 3.8) is 0 Å². The Hall–Kier alpha value is -1.57. The highest BCUT2D eigenvalue weighted by Crippen LogP contribution is 2.34. The van der Waals surface area contributed by atoms with Crippen LogP contribution < -0.4 is 5.32 Å². The quantitative estimate of drug-likeness (QED) is 0.340. The van der Waals surface area contributed by atoms with Gasteiger partial charge in [0, 0.05) is 31.7 Å². The third-order valence-electron chi connectivity index (χ3n) is 5.93. The van der Waals surface area contributed by atoms with Gasteiger partial charge in [0.25, 0.3) is 0 Å². The number of halogens is 1. The van der Waals surface area contributed by atoms with E-state index in [1.807, 2.05) is 13.8 Å². The number of aryl methyl sites for hydroxylation is 2. The second-order valence-electron chi connectivity index (χ2n) is 7.71. The van der Waals surface area contributed by atoms with E-state index in [4.69, 9.17) is 9.52 Å². The van der Waals surface area contributed by atoms with Crippen LogP contribution >= 0.6 is 24.0 Å². The molecular formula is C23H35IN4O. The van der Waals surface area contributed by atoms with Crippen LogP contribution in [0.25, 0.3) is 0 Å². The zero-order chi connectivity index (χ0) is 19.9. The molecule has 1 saturated heterocycles. The van der Waals surface area contributed by atoms with E-state index in [-0.39, 0.29) is 24.0 Å². The number of piperidine rings is 1. The maximum Gasteiger partial charge on any atom is 0.193 e. The molecule has 0 bridgehead atoms. The van der Waals surface area contributed by atoms with E-state index in [9.17, 15) is 0 Å². The first kappa shape index (κ1) is 23.7. The second kappa shape index (κ2) is 11.6. The van der Waals surface area contributed by atoms with Crippen molar-refractivity contribution in [1.82, 2.24) is 15.4 Å². The van der Waals surface area contributed by atoms with Crippen molar-refractivity contribution >= 4 is 29.9 Å². The number of hydrogen-bond acceptors (Lipinski definition) is 3. The molecule has 2 atom stereocenters. The maximum atomic E-state index is 5.27. The van der Waals surface area contributed by atoms with Crippen LogP contribution in [0, 0.1) is 19.8 Å². The fourth-order valence-corrected chi connectivity index (χ4v) is 4.34. The molecule has 1 fully saturated rings. The van der Waals surface area contributed by atoms with Crippen molar-refractivity contribution in [1.29, 1.82) is 0 Å². The molecule has 1 aromatic carbocycles. The number of nitrogens with zero attached hydrogens (tertiary/aromatic N) is 3. The van der Waals surface area contributed by atoms with E-state index in [0.29, 0.717) is 11.8 Å². The Balaban J connectivity index is 0.00000300. The molecule has 1 aliphatic rings. The van der Waals surface area contributed by atoms with Crippen LogP contribution in [0.3, 0.4) is 0 Å². The van der Waals surface area contributed by atoms with Gasteiger partial charge in [0.1, 0.15) is 5.76 Å². The lowest BCUT2D eigenvalue weighted by molar-refractivity contribution is 0.215. The summed E-state index contributed by atoms with van der Waals surface area (Å²) in [6, 6.07) is 11.0. The highest BCUT2D eigenvalue weighted by molar-refractivity contribution is 14.0. The Morgan fingerprint density at radius 1 is 1.24 bits per heavy atom. The zero-order valence-corrected chi connectivity index (χ0v) is 20.5. The topological polar surface area (TPSA) is 53.7 Å². The molecule has 1 aliphatic heterocycles. The molecule has 160 valence electrons. The number of aliphatic imine (C=N–C) groups is 1. The Morgan fingerprint density at radius 3 is 2.62 bits per heavy atom. The molecule has 0 amide bonds. The third kappa shape index (κ3) is 5.96. The van der Waals surface area contributed by atoms with Gasteiger partial charge < -0.3 is 14.7 Å². The predicted molar refractivity (Wildman–Crippen MR) is 130 cm³/mol. The van der Waals surface area contributed by atoms with Gasteiger partial charge in [-0.2, -0.15) is 0 Å². The minimum Gasteiger partial charge on any atom is -0.361 e. The SMILES string of the molecule is CCNC(=NCCc1c(C)noc1C)N1CCC(c2ccccc2)C(CC)C1.I. The van der Waals surface area contributed by atoms with E-state index >= 15 is 0 Å². The van der Waals surface area contributed by atoms with Gasteiger partial charge in [-0.25, -0.2) is 0 Å². The number of rotatable bonds is 6. The smallest absolute Gasteiger partial charge is 0.193 e. The van der Waals surface area contributed by atoms with Crippen LogP contribution in [0.1, 0.15) is 55.2 Å². The van der Waals surface area contributed by atoms with Crippen LogP contribution in [-0.2, 0) is 6.42 Å². The third-order valence-corrected chi connectivity index (χ3v) is 5.93. The number of likely N-dealkylation sites (tertiary alicyclic amines) is 1. The largest absolute Gasteiger partial charge is 0.361 e. The van der Waals surface area contributed by atoms with Crippen LogP contribution in [-0.4, -0.2) is 42.2 Å². The summed E-state index contributed by atoms with van der Waals surface area (Å²) in [4.78, 5) is 7.37. The fourth-order valence-electron chi connectivity index (χ4n) is 4.34. The molecule has 0 saturated carbocycles. The maximum absolute atomic E-state index is 5.27. The molecule has 0 spiro atoms. The molecule has 6 heteroatoms. The molecule has 0 radical (unpaired) electrons. The predicted octanol–water partition coefficient (Wildman–Crippen LogP) is 4.93. The summed E-state index contributed by atoms with van der Waals surface area (Å²) in [6.45, 7) is 12.2. The summed E-state index contributed by atoms with van der Waals surface area (Å²) >= 11 is 0. The minimum absolute atomic E-state index is 0. The molecule has 0 aliphatic carbocycles. The molecule has 2 unspecified atom stereocenters. The fraction of sp³-hybridized carbons (Fsp3) is 0.565. The second-order valence-corrected chi connectivity index (χ2v) is 7.71. The van der Waals surface area contributed by atoms with Crippen molar-refractivity contribution < 1.29 is 4.52 Å². The van der Waals surface area contributed by atoms with Gasteiger partial charge in [0.05, 0.1) is 5.69 Å². The number of nitrogens with one attached hydrogen (secondary N) is 1. The van der Waals surface area contributed by atoms with Crippen LogP contribution in [0.2, 0.25) is 0 Å². The lowest BCUT2D eigenvalue weighted by Crippen LogP contribution is -2.48. The molecule has 3 rings (SSSR count). The van der Waals surface area contributed by atoms with Gasteiger partial charge in [0.15, 0.2) is 5.96 Å². The van der Waals surface area contributed by atoms with Crippen LogP contribution in [0.15, 0.2) is 39.8 Å². The van der Waals surface area contributed by atoms with Crippen LogP contribution in [0.4, 0.5) is 0 Å². The average molecular weight is 510 g/mol. The highest BCUT2D eigenvalue weighted by atomic mass is 127. The summed E-state index contributed by atoms with van der Waals surface area (Å²) in [5.74, 6) is 3.25. The summed E-state index contributed by atoms with van der Waals surface area (Å²) in [5.41, 5.74) is 3.65. The van der Waals surface area contributed by atoms with Crippen molar-refractivity contribution in [3.8, 4) is 0 Å². The molecule has 5 nitrogen and oxygen atoms in total. The van der Waals surface area contributed by atoms with E-state index < -0.39 is 0 Å². The van der Waals surface area contributed by atoms with Gasteiger partial charge in [-0.3, -0.25) is 4.99 Å². The summed E-state index contributed by atoms with van der Waals surface area (Å²) in [5, 5.41) is 7.55. The lowest BCUT2D eigenvalue weighted by atomic mass is 9.79. The molecular weight excluding hydrogens is 475 g/mol. The monoisotopic (exact) mass is 510 g/mol. The Labute approximate surface area is 192 Å². The first-order valence-electron chi connectivity index (χ1n) is 10.6. The Kier molecular flexibility index (Phi) is 9.46. The summed E-state index contributed by atoms with van der Waals surface area (Å²) < 4.78 is 5.27. The molecule has 1 aromatic heterocycles. The normalized spacial score (nSPS) is 19.7. The number of hydrogen-bond donors (Lipinski definition) is 1. The van der Waals surface area contributed by atoms with Gasteiger partial charge in [-0.1, -0.05) is 48.8 Å². The van der Waals surface area contributed by atoms with E-state index in [1.54, 1.807) is 0 Å². The number of aromatic nitrogens is 1. The van der Waals surface area contributed by atoms with E-state index in [0.717, 1.165) is 50.0 Å². The summed E-state index contributed by atoms with van der Waals surface area (Å²) in [7, 11) is 0. The number of guanidine groups is 1. The first-order chi connectivity index (χ1) is 13.6. The molecule has 2 aromatic rings. The summed E-state index contributed by atoms with van der Waals surface area (Å²) in [6.07, 6.45) is 3.24. The molecule has 2 heterocycles. The van der Waals surface area contributed by atoms with Crippen molar-refractivity contribution in [2.75, 3.05) is 26.2 Å². The van der Waals surface area contributed by atoms with E-state index in [2.05, 4.69) is 59.6 Å². The standard InChI is InChI=1S/C23H34N4O.HI/c1-5-19-16-27(15-13-22(19)20-10-8-7-9-11-20)23(24-6-2)25-14-12-21-17(3)26-28-18(21)4;/h7-11,19,22H,5-6,12-16H2,1-4H3,(H,24,25);1H. The molecule has 29 heavy (non-hydrogen) atoms. The Morgan fingerprint density at radius 2 is 2.00 bits per heavy atom. The van der Waals surface area contributed by atoms with Gasteiger partial charge >= 0.3 is 0 Å². The van der Waals surface area contributed by atoms with Gasteiger partial charge in [0.2, 0.25) is 0 Å². The number of benzene rings is 1. The average Bonchev–Trinajstić information content (AvgIpc) is 3.05. The molecule has 1 N–H and O–H groups in total. The lowest BCUT2D eigenvalue weighted by Gasteiger charge is -2.40. The van der Waals surface area contributed by atoms with Crippen molar-refractivity contribution in [2.24, 2.45) is 10.9 Å². The first-order valence-corrected chi connectivity index (χ1v) is 10.6. The van der Waals surface area contributed by atoms with Gasteiger partial charge in [-0.15, -0.1) is 24.0 Å². The highest BCUT2D eigenvalue weighted by Gasteiger charge is 2.30. The van der Waals surface area contributed by atoms with Crippen molar-refractivity contribution in [3.05, 3.63) is 52.9 Å². The minimum atomic E-state index is 0. The van der Waals surface area contributed by atoms with Crippen LogP contribution in [0.5, 0.6) is 0 Å².